The second-order valence-electron chi connectivity index (χ2n) is 3.37. The highest BCUT2D eigenvalue weighted by Gasteiger charge is 2.31. The van der Waals surface area contributed by atoms with Crippen molar-refractivity contribution < 1.29 is 26.3 Å². The Bertz CT molecular complexity index is 511. The van der Waals surface area contributed by atoms with Crippen molar-refractivity contribution in [1.29, 1.82) is 0 Å². The van der Waals surface area contributed by atoms with Crippen LogP contribution in [0.1, 0.15) is 5.56 Å². The predicted octanol–water partition coefficient (Wildman–Crippen LogP) is 2.78. The molecule has 0 fully saturated rings. The monoisotopic (exact) mass is 288 g/mol. The second-order valence-corrected chi connectivity index (χ2v) is 5.92. The molecule has 0 N–H and O–H groups in total. The summed E-state index contributed by atoms with van der Waals surface area (Å²) in [4.78, 5) is 0. The molecule has 1 rings (SSSR count). The van der Waals surface area contributed by atoms with Gasteiger partial charge in [0.05, 0.1) is 5.75 Å². The third-order valence-corrected chi connectivity index (χ3v) is 2.87. The highest BCUT2D eigenvalue weighted by atomic mass is 35.5. The summed E-state index contributed by atoms with van der Waals surface area (Å²) >= 11 is 5.67. The van der Waals surface area contributed by atoms with Crippen LogP contribution < -0.4 is 4.74 Å². The van der Waals surface area contributed by atoms with Crippen LogP contribution in [0, 0.1) is 0 Å². The fourth-order valence-corrected chi connectivity index (χ4v) is 2.21. The van der Waals surface area contributed by atoms with Crippen LogP contribution in [-0.2, 0) is 15.6 Å². The van der Waals surface area contributed by atoms with E-state index in [-0.39, 0.29) is 10.6 Å². The summed E-state index contributed by atoms with van der Waals surface area (Å²) in [5, 5.41) is 0.0740. The third kappa shape index (κ3) is 5.27. The topological polar surface area (TPSA) is 43.4 Å². The van der Waals surface area contributed by atoms with Gasteiger partial charge in [-0.05, 0) is 23.8 Å². The number of rotatable bonds is 3. The van der Waals surface area contributed by atoms with E-state index in [0.717, 1.165) is 24.5 Å². The molecule has 1 aromatic carbocycles. The molecule has 0 aliphatic rings. The smallest absolute Gasteiger partial charge is 0.406 e. The standard InChI is InChI=1S/C9H8ClF3O3S/c1-17(14,15)5-6-4-7(2-3-8(6)10)16-9(11,12)13/h2-4H,5H2,1H3. The zero-order valence-corrected chi connectivity index (χ0v) is 10.2. The molecule has 3 nitrogen and oxygen atoms in total. The largest absolute Gasteiger partial charge is 0.573 e. The van der Waals surface area contributed by atoms with E-state index < -0.39 is 27.7 Å². The Morgan fingerprint density at radius 2 is 1.94 bits per heavy atom. The van der Waals surface area contributed by atoms with Gasteiger partial charge in [0.2, 0.25) is 0 Å². The van der Waals surface area contributed by atoms with Crippen molar-refractivity contribution in [3.05, 3.63) is 28.8 Å². The van der Waals surface area contributed by atoms with E-state index in [0.29, 0.717) is 0 Å². The van der Waals surface area contributed by atoms with Crippen molar-refractivity contribution in [2.45, 2.75) is 12.1 Å². The summed E-state index contributed by atoms with van der Waals surface area (Å²) in [7, 11) is -3.38. The van der Waals surface area contributed by atoms with Gasteiger partial charge in [-0.1, -0.05) is 11.6 Å². The van der Waals surface area contributed by atoms with E-state index in [1.165, 1.54) is 0 Å². The van der Waals surface area contributed by atoms with E-state index in [1.54, 1.807) is 0 Å². The van der Waals surface area contributed by atoms with Gasteiger partial charge >= 0.3 is 6.36 Å². The molecule has 0 unspecified atom stereocenters. The van der Waals surface area contributed by atoms with Gasteiger partial charge in [0.15, 0.2) is 9.84 Å². The van der Waals surface area contributed by atoms with E-state index >= 15 is 0 Å². The maximum Gasteiger partial charge on any atom is 0.573 e. The third-order valence-electron chi connectivity index (χ3n) is 1.67. The maximum absolute atomic E-state index is 11.9. The molecule has 0 saturated heterocycles. The van der Waals surface area contributed by atoms with Crippen molar-refractivity contribution >= 4 is 21.4 Å². The fraction of sp³-hybridized carbons (Fsp3) is 0.333. The molecule has 0 radical (unpaired) electrons. The number of benzene rings is 1. The average molecular weight is 289 g/mol. The number of ether oxygens (including phenoxy) is 1. The van der Waals surface area contributed by atoms with Crippen LogP contribution in [0.25, 0.3) is 0 Å². The minimum atomic E-state index is -4.82. The van der Waals surface area contributed by atoms with Crippen molar-refractivity contribution in [3.8, 4) is 5.75 Å². The molecule has 17 heavy (non-hydrogen) atoms. The summed E-state index contributed by atoms with van der Waals surface area (Å²) in [6.07, 6.45) is -3.86. The lowest BCUT2D eigenvalue weighted by molar-refractivity contribution is -0.274. The molecule has 0 aliphatic heterocycles. The number of halogens is 4. The number of sulfone groups is 1. The Balaban J connectivity index is 3.03. The molecular weight excluding hydrogens is 281 g/mol. The number of alkyl halides is 3. The lowest BCUT2D eigenvalue weighted by atomic mass is 10.2. The molecule has 1 aromatic rings. The lowest BCUT2D eigenvalue weighted by Gasteiger charge is -2.10. The summed E-state index contributed by atoms with van der Waals surface area (Å²) in [5.74, 6) is -0.943. The highest BCUT2D eigenvalue weighted by molar-refractivity contribution is 7.89. The van der Waals surface area contributed by atoms with Crippen molar-refractivity contribution in [1.82, 2.24) is 0 Å². The van der Waals surface area contributed by atoms with Gasteiger partial charge in [-0.15, -0.1) is 13.2 Å². The van der Waals surface area contributed by atoms with Crippen LogP contribution in [-0.4, -0.2) is 21.0 Å². The molecule has 8 heteroatoms. The minimum absolute atomic E-state index is 0.0657. The molecule has 0 saturated carbocycles. The summed E-state index contributed by atoms with van der Waals surface area (Å²) in [6, 6.07) is 3.13. The quantitative estimate of drug-likeness (QED) is 0.859. The van der Waals surface area contributed by atoms with Gasteiger partial charge in [-0.25, -0.2) is 8.42 Å². The van der Waals surface area contributed by atoms with Gasteiger partial charge in [0, 0.05) is 11.3 Å². The molecule has 0 aromatic heterocycles. The SMILES string of the molecule is CS(=O)(=O)Cc1cc(OC(F)(F)F)ccc1Cl. The molecule has 0 atom stereocenters. The maximum atomic E-state index is 11.9. The first-order valence-electron chi connectivity index (χ1n) is 4.29. The van der Waals surface area contributed by atoms with Gasteiger partial charge in [0.1, 0.15) is 5.75 Å². The first-order valence-corrected chi connectivity index (χ1v) is 6.72. The molecule has 0 bridgehead atoms. The highest BCUT2D eigenvalue weighted by Crippen LogP contribution is 2.28. The normalized spacial score (nSPS) is 12.5. The van der Waals surface area contributed by atoms with Crippen molar-refractivity contribution in [2.24, 2.45) is 0 Å². The van der Waals surface area contributed by atoms with Crippen molar-refractivity contribution in [2.75, 3.05) is 6.26 Å². The van der Waals surface area contributed by atoms with E-state index in [1.807, 2.05) is 0 Å². The number of hydrogen-bond acceptors (Lipinski definition) is 3. The van der Waals surface area contributed by atoms with Gasteiger partial charge in [-0.2, -0.15) is 0 Å². The Morgan fingerprint density at radius 3 is 2.41 bits per heavy atom. The first-order chi connectivity index (χ1) is 7.57. The Hall–Kier alpha value is -0.950. The minimum Gasteiger partial charge on any atom is -0.406 e. The van der Waals surface area contributed by atoms with Crippen LogP contribution >= 0.6 is 11.6 Å². The van der Waals surface area contributed by atoms with Crippen LogP contribution in [0.5, 0.6) is 5.75 Å². The fourth-order valence-electron chi connectivity index (χ4n) is 1.14. The molecule has 0 heterocycles. The van der Waals surface area contributed by atoms with Crippen LogP contribution in [0.2, 0.25) is 5.02 Å². The molecule has 0 spiro atoms. The molecule has 0 amide bonds. The molecule has 96 valence electrons. The summed E-state index contributed by atoms with van der Waals surface area (Å²) in [6.45, 7) is 0. The molecular formula is C9H8ClF3O3S. The van der Waals surface area contributed by atoms with E-state index in [2.05, 4.69) is 4.74 Å². The number of hydrogen-bond donors (Lipinski definition) is 0. The zero-order valence-electron chi connectivity index (χ0n) is 8.58. The molecule has 0 aliphatic carbocycles. The van der Waals surface area contributed by atoms with Gasteiger partial charge in [0.25, 0.3) is 0 Å². The Morgan fingerprint density at radius 1 is 1.35 bits per heavy atom. The van der Waals surface area contributed by atoms with E-state index in [9.17, 15) is 21.6 Å². The zero-order chi connectivity index (χ0) is 13.3. The van der Waals surface area contributed by atoms with Crippen molar-refractivity contribution in [3.63, 3.8) is 0 Å². The van der Waals surface area contributed by atoms with Crippen LogP contribution in [0.3, 0.4) is 0 Å². The van der Waals surface area contributed by atoms with Crippen LogP contribution in [0.4, 0.5) is 13.2 Å². The summed E-state index contributed by atoms with van der Waals surface area (Å²) < 4.78 is 61.5. The van der Waals surface area contributed by atoms with Gasteiger partial charge in [-0.3, -0.25) is 0 Å². The predicted molar refractivity (Wildman–Crippen MR) is 56.7 cm³/mol. The van der Waals surface area contributed by atoms with Gasteiger partial charge < -0.3 is 4.74 Å². The van der Waals surface area contributed by atoms with E-state index in [4.69, 9.17) is 11.6 Å². The Kier molecular flexibility index (Phi) is 3.93. The second kappa shape index (κ2) is 4.73. The summed E-state index contributed by atoms with van der Waals surface area (Å²) in [5.41, 5.74) is 0.0657. The Labute approximate surface area is 101 Å². The first kappa shape index (κ1) is 14.1. The van der Waals surface area contributed by atoms with Crippen LogP contribution in [0.15, 0.2) is 18.2 Å². The lowest BCUT2D eigenvalue weighted by Crippen LogP contribution is -2.17. The average Bonchev–Trinajstić information content (AvgIpc) is 2.05.